The normalized spacial score (nSPS) is 17.0. The molecule has 1 aliphatic rings. The Morgan fingerprint density at radius 3 is 2.44 bits per heavy atom. The molecule has 1 aromatic carbocycles. The highest BCUT2D eigenvalue weighted by molar-refractivity contribution is 5.52. The number of nitro benzene ring substituents is 1. The summed E-state index contributed by atoms with van der Waals surface area (Å²) in [4.78, 5) is 10.0. The van der Waals surface area contributed by atoms with E-state index in [1.165, 1.54) is 12.1 Å². The minimum atomic E-state index is -0.420. The van der Waals surface area contributed by atoms with E-state index in [2.05, 4.69) is 0 Å². The highest BCUT2D eigenvalue weighted by atomic mass is 16.7. The first-order chi connectivity index (χ1) is 7.75. The predicted molar refractivity (Wildman–Crippen MR) is 57.8 cm³/mol. The minimum absolute atomic E-state index is 0.0884. The summed E-state index contributed by atoms with van der Waals surface area (Å²) in [6.07, 6.45) is 3.31. The van der Waals surface area contributed by atoms with E-state index in [0.29, 0.717) is 13.2 Å². The molecular weight excluding hydrogens is 210 g/mol. The number of nitrogens with zero attached hydrogens (tertiary/aromatic N) is 1. The monoisotopic (exact) mass is 221 g/mol. The van der Waals surface area contributed by atoms with Gasteiger partial charge in [0.25, 0.3) is 5.69 Å². The van der Waals surface area contributed by atoms with E-state index >= 15 is 0 Å². The number of nitro groups is 1. The van der Waals surface area contributed by atoms with Gasteiger partial charge >= 0.3 is 0 Å². The van der Waals surface area contributed by atoms with Gasteiger partial charge in [0.05, 0.1) is 18.1 Å². The van der Waals surface area contributed by atoms with Gasteiger partial charge in [0.15, 0.2) is 6.29 Å². The lowest BCUT2D eigenvalue weighted by Crippen LogP contribution is -2.01. The van der Waals surface area contributed by atoms with Gasteiger partial charge in [0, 0.05) is 12.1 Å². The molecule has 1 fully saturated rings. The minimum Gasteiger partial charge on any atom is -0.347 e. The van der Waals surface area contributed by atoms with Gasteiger partial charge < -0.3 is 9.47 Å². The largest absolute Gasteiger partial charge is 0.347 e. The summed E-state index contributed by atoms with van der Waals surface area (Å²) in [6, 6.07) is 6.30. The van der Waals surface area contributed by atoms with E-state index in [-0.39, 0.29) is 12.0 Å². The van der Waals surface area contributed by atoms with E-state index in [1.54, 1.807) is 18.2 Å². The first-order valence-corrected chi connectivity index (χ1v) is 4.91. The molecule has 0 spiro atoms. The summed E-state index contributed by atoms with van der Waals surface area (Å²) in [5, 5.41) is 10.4. The van der Waals surface area contributed by atoms with Gasteiger partial charge in [-0.05, 0) is 23.8 Å². The summed E-state index contributed by atoms with van der Waals surface area (Å²) in [5.74, 6) is 0. The molecule has 0 aliphatic carbocycles. The van der Waals surface area contributed by atoms with E-state index in [1.807, 2.05) is 6.08 Å². The molecule has 1 aromatic rings. The summed E-state index contributed by atoms with van der Waals surface area (Å²) in [7, 11) is 0. The summed E-state index contributed by atoms with van der Waals surface area (Å²) in [5.41, 5.74) is 0.968. The Balaban J connectivity index is 2.01. The van der Waals surface area contributed by atoms with Crippen molar-refractivity contribution in [1.82, 2.24) is 0 Å². The Kier molecular flexibility index (Phi) is 3.28. The first kappa shape index (κ1) is 10.8. The van der Waals surface area contributed by atoms with Crippen LogP contribution in [0.4, 0.5) is 5.69 Å². The van der Waals surface area contributed by atoms with Crippen molar-refractivity contribution in [3.8, 4) is 0 Å². The molecule has 2 rings (SSSR count). The van der Waals surface area contributed by atoms with Crippen LogP contribution in [0.5, 0.6) is 0 Å². The lowest BCUT2D eigenvalue weighted by molar-refractivity contribution is -0.384. The van der Waals surface area contributed by atoms with Crippen LogP contribution in [0.1, 0.15) is 5.56 Å². The van der Waals surface area contributed by atoms with Crippen LogP contribution >= 0.6 is 0 Å². The Labute approximate surface area is 92.4 Å². The second-order valence-corrected chi connectivity index (χ2v) is 3.32. The van der Waals surface area contributed by atoms with Gasteiger partial charge in [0.2, 0.25) is 0 Å². The smallest absolute Gasteiger partial charge is 0.269 e. The zero-order valence-corrected chi connectivity index (χ0v) is 8.54. The maximum atomic E-state index is 10.4. The molecular formula is C11H11NO4. The average molecular weight is 221 g/mol. The maximum Gasteiger partial charge on any atom is 0.269 e. The van der Waals surface area contributed by atoms with Gasteiger partial charge in [-0.25, -0.2) is 0 Å². The van der Waals surface area contributed by atoms with Gasteiger partial charge in [-0.3, -0.25) is 10.1 Å². The van der Waals surface area contributed by atoms with Crippen molar-refractivity contribution in [2.75, 3.05) is 13.2 Å². The van der Waals surface area contributed by atoms with E-state index in [0.717, 1.165) is 5.56 Å². The molecule has 1 saturated heterocycles. The highest BCUT2D eigenvalue weighted by Crippen LogP contribution is 2.14. The fourth-order valence-electron chi connectivity index (χ4n) is 1.38. The van der Waals surface area contributed by atoms with E-state index in [9.17, 15) is 10.1 Å². The SMILES string of the molecule is O=[N+]([O-])c1ccc(C=CC2OCCO2)cc1. The zero-order chi connectivity index (χ0) is 11.4. The summed E-state index contributed by atoms with van der Waals surface area (Å²) in [6.45, 7) is 1.21. The fraction of sp³-hybridized carbons (Fsp3) is 0.273. The zero-order valence-electron chi connectivity index (χ0n) is 8.54. The van der Waals surface area contributed by atoms with Crippen LogP contribution < -0.4 is 0 Å². The Morgan fingerprint density at radius 1 is 1.25 bits per heavy atom. The molecule has 1 heterocycles. The molecule has 16 heavy (non-hydrogen) atoms. The highest BCUT2D eigenvalue weighted by Gasteiger charge is 2.11. The van der Waals surface area contributed by atoms with Crippen molar-refractivity contribution in [3.63, 3.8) is 0 Å². The molecule has 1 aliphatic heterocycles. The molecule has 0 aromatic heterocycles. The van der Waals surface area contributed by atoms with Gasteiger partial charge in [-0.2, -0.15) is 0 Å². The maximum absolute atomic E-state index is 10.4. The third-order valence-electron chi connectivity index (χ3n) is 2.20. The molecule has 0 saturated carbocycles. The van der Waals surface area contributed by atoms with Gasteiger partial charge in [-0.1, -0.05) is 6.08 Å². The van der Waals surface area contributed by atoms with Crippen LogP contribution in [0.2, 0.25) is 0 Å². The Hall–Kier alpha value is -1.72. The van der Waals surface area contributed by atoms with Crippen molar-refractivity contribution in [3.05, 3.63) is 46.0 Å². The number of hydrogen-bond acceptors (Lipinski definition) is 4. The quantitative estimate of drug-likeness (QED) is 0.578. The summed E-state index contributed by atoms with van der Waals surface area (Å²) < 4.78 is 10.4. The molecule has 0 unspecified atom stereocenters. The third-order valence-corrected chi connectivity index (χ3v) is 2.20. The van der Waals surface area contributed by atoms with Crippen LogP contribution in [-0.2, 0) is 9.47 Å². The van der Waals surface area contributed by atoms with Crippen molar-refractivity contribution >= 4 is 11.8 Å². The van der Waals surface area contributed by atoms with Gasteiger partial charge in [-0.15, -0.1) is 0 Å². The molecule has 0 radical (unpaired) electrons. The predicted octanol–water partition coefficient (Wildman–Crippen LogP) is 1.98. The van der Waals surface area contributed by atoms with Crippen LogP contribution in [-0.4, -0.2) is 24.4 Å². The van der Waals surface area contributed by atoms with Gasteiger partial charge in [0.1, 0.15) is 0 Å². The third kappa shape index (κ3) is 2.65. The lowest BCUT2D eigenvalue weighted by atomic mass is 10.2. The first-order valence-electron chi connectivity index (χ1n) is 4.91. The average Bonchev–Trinajstić information content (AvgIpc) is 2.80. The standard InChI is InChI=1S/C11H11NO4/c13-12(14)10-4-1-9(2-5-10)3-6-11-15-7-8-16-11/h1-6,11H,7-8H2. The number of benzene rings is 1. The molecule has 0 bridgehead atoms. The second-order valence-electron chi connectivity index (χ2n) is 3.32. The van der Waals surface area contributed by atoms with Crippen LogP contribution in [0.25, 0.3) is 6.08 Å². The number of hydrogen-bond donors (Lipinski definition) is 0. The molecule has 5 nitrogen and oxygen atoms in total. The van der Waals surface area contributed by atoms with E-state index < -0.39 is 4.92 Å². The van der Waals surface area contributed by atoms with Crippen molar-refractivity contribution in [2.24, 2.45) is 0 Å². The lowest BCUT2D eigenvalue weighted by Gasteiger charge is -2.01. The fourth-order valence-corrected chi connectivity index (χ4v) is 1.38. The Bertz CT molecular complexity index is 393. The number of ether oxygens (including phenoxy) is 2. The Morgan fingerprint density at radius 2 is 1.88 bits per heavy atom. The topological polar surface area (TPSA) is 61.6 Å². The molecule has 0 amide bonds. The molecule has 84 valence electrons. The molecule has 0 atom stereocenters. The van der Waals surface area contributed by atoms with Crippen molar-refractivity contribution in [2.45, 2.75) is 6.29 Å². The van der Waals surface area contributed by atoms with Crippen molar-refractivity contribution in [1.29, 1.82) is 0 Å². The van der Waals surface area contributed by atoms with E-state index in [4.69, 9.17) is 9.47 Å². The number of non-ortho nitro benzene ring substituents is 1. The van der Waals surface area contributed by atoms with Crippen LogP contribution in [0.15, 0.2) is 30.3 Å². The number of rotatable bonds is 3. The van der Waals surface area contributed by atoms with Crippen LogP contribution in [0.3, 0.4) is 0 Å². The molecule has 0 N–H and O–H groups in total. The summed E-state index contributed by atoms with van der Waals surface area (Å²) >= 11 is 0. The second kappa shape index (κ2) is 4.87. The molecule has 5 heteroatoms. The van der Waals surface area contributed by atoms with Crippen molar-refractivity contribution < 1.29 is 14.4 Å². The van der Waals surface area contributed by atoms with Crippen LogP contribution in [0, 0.1) is 10.1 Å².